The van der Waals surface area contributed by atoms with Crippen LogP contribution in [0, 0.1) is 5.82 Å². The van der Waals surface area contributed by atoms with Gasteiger partial charge in [-0.25, -0.2) is 17.5 Å². The van der Waals surface area contributed by atoms with Crippen LogP contribution in [0.2, 0.25) is 0 Å². The zero-order valence-corrected chi connectivity index (χ0v) is 13.3. The van der Waals surface area contributed by atoms with E-state index >= 15 is 0 Å². The summed E-state index contributed by atoms with van der Waals surface area (Å²) in [6.45, 7) is 0.233. The highest BCUT2D eigenvalue weighted by molar-refractivity contribution is 7.89. The molecule has 4 nitrogen and oxygen atoms in total. The molecule has 1 N–H and O–H groups in total. The highest BCUT2D eigenvalue weighted by Crippen LogP contribution is 2.18. The molecular weight excluding hydrogens is 303 g/mol. The molecule has 2 aromatic rings. The Morgan fingerprint density at radius 1 is 1.05 bits per heavy atom. The third kappa shape index (κ3) is 4.13. The van der Waals surface area contributed by atoms with Gasteiger partial charge in [-0.2, -0.15) is 0 Å². The quantitative estimate of drug-likeness (QED) is 0.888. The second-order valence-corrected chi connectivity index (χ2v) is 6.96. The molecule has 2 aromatic carbocycles. The van der Waals surface area contributed by atoms with Gasteiger partial charge in [0.1, 0.15) is 5.82 Å². The van der Waals surface area contributed by atoms with Crippen LogP contribution >= 0.6 is 0 Å². The van der Waals surface area contributed by atoms with Crippen molar-refractivity contribution in [3.05, 3.63) is 66.0 Å². The maximum absolute atomic E-state index is 12.9. The van der Waals surface area contributed by atoms with Gasteiger partial charge in [-0.05, 0) is 43.9 Å². The van der Waals surface area contributed by atoms with Gasteiger partial charge >= 0.3 is 0 Å². The first kappa shape index (κ1) is 16.6. The highest BCUT2D eigenvalue weighted by atomic mass is 32.2. The van der Waals surface area contributed by atoms with Crippen molar-refractivity contribution in [2.24, 2.45) is 0 Å². The third-order valence-corrected chi connectivity index (χ3v) is 4.84. The molecule has 0 radical (unpaired) electrons. The molecule has 0 spiro atoms. The number of sulfonamides is 1. The van der Waals surface area contributed by atoms with Gasteiger partial charge < -0.3 is 4.90 Å². The predicted molar refractivity (Wildman–Crippen MR) is 84.5 cm³/mol. The molecule has 0 fully saturated rings. The van der Waals surface area contributed by atoms with E-state index in [0.717, 1.165) is 17.7 Å². The van der Waals surface area contributed by atoms with Gasteiger partial charge in [0.05, 0.1) is 4.90 Å². The highest BCUT2D eigenvalue weighted by Gasteiger charge is 2.19. The average molecular weight is 322 g/mol. The van der Waals surface area contributed by atoms with Crippen LogP contribution in [0.25, 0.3) is 0 Å². The fourth-order valence-corrected chi connectivity index (χ4v) is 3.20. The molecule has 0 aromatic heterocycles. The lowest BCUT2D eigenvalue weighted by molar-refractivity contribution is 0.299. The molecule has 0 bridgehead atoms. The lowest BCUT2D eigenvalue weighted by atomic mass is 10.1. The Balaban J connectivity index is 2.14. The number of nitrogens with one attached hydrogen (secondary N) is 1. The largest absolute Gasteiger partial charge is 0.301 e. The summed E-state index contributed by atoms with van der Waals surface area (Å²) < 4.78 is 40.0. The molecule has 0 aliphatic heterocycles. The molecule has 1 atom stereocenters. The molecule has 0 aliphatic rings. The van der Waals surface area contributed by atoms with Crippen LogP contribution in [0.5, 0.6) is 0 Å². The second-order valence-electron chi connectivity index (χ2n) is 5.20. The fourth-order valence-electron chi connectivity index (χ4n) is 2.16. The van der Waals surface area contributed by atoms with E-state index in [1.54, 1.807) is 0 Å². The molecule has 0 aliphatic carbocycles. The van der Waals surface area contributed by atoms with Crippen molar-refractivity contribution in [3.8, 4) is 0 Å². The van der Waals surface area contributed by atoms with Crippen molar-refractivity contribution < 1.29 is 12.8 Å². The lowest BCUT2D eigenvalue weighted by Crippen LogP contribution is -2.34. The molecule has 2 rings (SSSR count). The minimum Gasteiger partial charge on any atom is -0.301 e. The van der Waals surface area contributed by atoms with Crippen LogP contribution < -0.4 is 4.72 Å². The smallest absolute Gasteiger partial charge is 0.240 e. The zero-order valence-electron chi connectivity index (χ0n) is 12.5. The topological polar surface area (TPSA) is 49.4 Å². The Hall–Kier alpha value is -1.76. The van der Waals surface area contributed by atoms with E-state index in [1.165, 1.54) is 12.1 Å². The van der Waals surface area contributed by atoms with E-state index < -0.39 is 15.8 Å². The number of rotatable bonds is 6. The van der Waals surface area contributed by atoms with E-state index in [2.05, 4.69) is 4.72 Å². The molecular formula is C16H19FN2O2S. The van der Waals surface area contributed by atoms with Crippen molar-refractivity contribution >= 4 is 10.0 Å². The van der Waals surface area contributed by atoms with E-state index in [-0.39, 0.29) is 17.5 Å². The summed E-state index contributed by atoms with van der Waals surface area (Å²) in [7, 11) is 0.128. The summed E-state index contributed by atoms with van der Waals surface area (Å²) in [6.07, 6.45) is 0. The first-order chi connectivity index (χ1) is 10.4. The molecule has 1 unspecified atom stereocenters. The summed E-state index contributed by atoms with van der Waals surface area (Å²) in [4.78, 5) is 2.00. The summed E-state index contributed by atoms with van der Waals surface area (Å²) in [5.74, 6) is -0.464. The van der Waals surface area contributed by atoms with E-state index in [1.807, 2.05) is 49.3 Å². The molecule has 6 heteroatoms. The Morgan fingerprint density at radius 3 is 2.18 bits per heavy atom. The third-order valence-electron chi connectivity index (χ3n) is 3.40. The minimum atomic E-state index is -3.66. The van der Waals surface area contributed by atoms with Crippen LogP contribution in [-0.2, 0) is 10.0 Å². The molecule has 0 saturated carbocycles. The van der Waals surface area contributed by atoms with Crippen molar-refractivity contribution in [2.45, 2.75) is 10.9 Å². The van der Waals surface area contributed by atoms with Crippen molar-refractivity contribution in [1.29, 1.82) is 0 Å². The molecule has 22 heavy (non-hydrogen) atoms. The maximum atomic E-state index is 12.9. The van der Waals surface area contributed by atoms with Gasteiger partial charge in [0.15, 0.2) is 0 Å². The number of hydrogen-bond donors (Lipinski definition) is 1. The number of benzene rings is 2. The first-order valence-electron chi connectivity index (χ1n) is 6.87. The Bertz CT molecular complexity index is 701. The lowest BCUT2D eigenvalue weighted by Gasteiger charge is -2.25. The van der Waals surface area contributed by atoms with E-state index in [9.17, 15) is 12.8 Å². The van der Waals surface area contributed by atoms with Crippen LogP contribution in [0.1, 0.15) is 11.6 Å². The Labute approximate surface area is 130 Å². The van der Waals surface area contributed by atoms with E-state index in [4.69, 9.17) is 0 Å². The summed E-state index contributed by atoms with van der Waals surface area (Å²) in [5.41, 5.74) is 1.02. The van der Waals surface area contributed by atoms with Gasteiger partial charge in [-0.3, -0.25) is 0 Å². The normalized spacial score (nSPS) is 13.3. The number of nitrogens with zero attached hydrogens (tertiary/aromatic N) is 1. The van der Waals surface area contributed by atoms with Crippen molar-refractivity contribution in [1.82, 2.24) is 9.62 Å². The fraction of sp³-hybridized carbons (Fsp3) is 0.250. The van der Waals surface area contributed by atoms with Gasteiger partial charge in [0.2, 0.25) is 10.0 Å². The zero-order chi connectivity index (χ0) is 16.2. The molecule has 0 amide bonds. The van der Waals surface area contributed by atoms with Gasteiger partial charge in [0, 0.05) is 12.6 Å². The second kappa shape index (κ2) is 7.00. The number of likely N-dealkylation sites (N-methyl/N-ethyl adjacent to an activating group) is 1. The Kier molecular flexibility index (Phi) is 5.28. The summed E-state index contributed by atoms with van der Waals surface area (Å²) in [6, 6.07) is 14.4. The SMILES string of the molecule is CN(C)C(CNS(=O)(=O)c1ccc(F)cc1)c1ccccc1. The molecule has 118 valence electrons. The van der Waals surface area contributed by atoms with Crippen molar-refractivity contribution in [2.75, 3.05) is 20.6 Å². The molecule has 0 heterocycles. The monoisotopic (exact) mass is 322 g/mol. The van der Waals surface area contributed by atoms with Gasteiger partial charge in [0.25, 0.3) is 0 Å². The number of halogens is 1. The van der Waals surface area contributed by atoms with Crippen molar-refractivity contribution in [3.63, 3.8) is 0 Å². The van der Waals surface area contributed by atoms with E-state index in [0.29, 0.717) is 0 Å². The van der Waals surface area contributed by atoms with Crippen LogP contribution in [-0.4, -0.2) is 34.0 Å². The predicted octanol–water partition coefficient (Wildman–Crippen LogP) is 2.41. The standard InChI is InChI=1S/C16H19FN2O2S/c1-19(2)16(13-6-4-3-5-7-13)12-18-22(20,21)15-10-8-14(17)9-11-15/h3-11,16,18H,12H2,1-2H3. The molecule has 0 saturated heterocycles. The Morgan fingerprint density at radius 2 is 1.64 bits per heavy atom. The summed E-state index contributed by atoms with van der Waals surface area (Å²) in [5, 5.41) is 0. The van der Waals surface area contributed by atoms with Gasteiger partial charge in [-0.1, -0.05) is 30.3 Å². The van der Waals surface area contributed by atoms with Crippen LogP contribution in [0.15, 0.2) is 59.5 Å². The van der Waals surface area contributed by atoms with Crippen LogP contribution in [0.4, 0.5) is 4.39 Å². The average Bonchev–Trinajstić information content (AvgIpc) is 2.48. The first-order valence-corrected chi connectivity index (χ1v) is 8.35. The number of hydrogen-bond acceptors (Lipinski definition) is 3. The summed E-state index contributed by atoms with van der Waals surface area (Å²) >= 11 is 0. The maximum Gasteiger partial charge on any atom is 0.240 e. The van der Waals surface area contributed by atoms with Gasteiger partial charge in [-0.15, -0.1) is 0 Å². The minimum absolute atomic E-state index is 0.0551. The van der Waals surface area contributed by atoms with Crippen LogP contribution in [0.3, 0.4) is 0 Å².